The van der Waals surface area contributed by atoms with Crippen LogP contribution in [0.1, 0.15) is 23.1 Å². The molecule has 0 aliphatic carbocycles. The zero-order chi connectivity index (χ0) is 13.4. The fraction of sp³-hybridized carbons (Fsp3) is 0.286. The molecule has 3 aromatic rings. The van der Waals surface area contributed by atoms with Crippen molar-refractivity contribution in [3.63, 3.8) is 0 Å². The van der Waals surface area contributed by atoms with Gasteiger partial charge in [0, 0.05) is 26.0 Å². The lowest BCUT2D eigenvalue weighted by Gasteiger charge is -2.15. The number of nitrogens with one attached hydrogen (secondary N) is 1. The van der Waals surface area contributed by atoms with Gasteiger partial charge in [-0.1, -0.05) is 6.07 Å². The lowest BCUT2D eigenvalue weighted by Crippen LogP contribution is -2.17. The summed E-state index contributed by atoms with van der Waals surface area (Å²) in [5.41, 5.74) is 9.12. The monoisotopic (exact) mass is 255 g/mol. The van der Waals surface area contributed by atoms with Crippen LogP contribution in [0.5, 0.6) is 0 Å². The molecule has 1 aromatic carbocycles. The fourth-order valence-corrected chi connectivity index (χ4v) is 2.48. The Morgan fingerprint density at radius 2 is 2.26 bits per heavy atom. The largest absolute Gasteiger partial charge is 0.342 e. The Balaban J connectivity index is 2.08. The lowest BCUT2D eigenvalue weighted by molar-refractivity contribution is 0.699. The van der Waals surface area contributed by atoms with Gasteiger partial charge in [-0.15, -0.1) is 0 Å². The quantitative estimate of drug-likeness (QED) is 0.748. The first-order valence-electron chi connectivity index (χ1n) is 6.32. The van der Waals surface area contributed by atoms with E-state index in [0.29, 0.717) is 6.54 Å². The second-order valence-corrected chi connectivity index (χ2v) is 4.78. The summed E-state index contributed by atoms with van der Waals surface area (Å²) in [5.74, 6) is 2.01. The Bertz CT molecular complexity index is 710. The third-order valence-electron chi connectivity index (χ3n) is 3.43. The molecule has 5 heteroatoms. The summed E-state index contributed by atoms with van der Waals surface area (Å²) in [6.45, 7) is 2.49. The molecule has 0 saturated carbocycles. The number of imidazole rings is 2. The number of benzene rings is 1. The van der Waals surface area contributed by atoms with E-state index < -0.39 is 0 Å². The molecule has 0 saturated heterocycles. The molecule has 3 N–H and O–H groups in total. The number of nitrogens with two attached hydrogens (primary N) is 1. The van der Waals surface area contributed by atoms with Crippen LogP contribution in [-0.2, 0) is 7.05 Å². The molecule has 3 rings (SSSR count). The Labute approximate surface area is 111 Å². The van der Waals surface area contributed by atoms with Gasteiger partial charge in [-0.05, 0) is 24.6 Å². The van der Waals surface area contributed by atoms with Crippen molar-refractivity contribution in [3.05, 3.63) is 47.8 Å². The van der Waals surface area contributed by atoms with E-state index in [-0.39, 0.29) is 5.92 Å². The van der Waals surface area contributed by atoms with Crippen molar-refractivity contribution in [2.75, 3.05) is 6.54 Å². The summed E-state index contributed by atoms with van der Waals surface area (Å²) in [6.07, 6.45) is 3.74. The van der Waals surface area contributed by atoms with E-state index in [1.165, 1.54) is 0 Å². The van der Waals surface area contributed by atoms with Gasteiger partial charge < -0.3 is 15.3 Å². The number of rotatable bonds is 3. The van der Waals surface area contributed by atoms with Crippen LogP contribution in [0.25, 0.3) is 11.0 Å². The number of hydrogen-bond donors (Lipinski definition) is 2. The van der Waals surface area contributed by atoms with Gasteiger partial charge in [0.1, 0.15) is 11.6 Å². The fourth-order valence-electron chi connectivity index (χ4n) is 2.48. The second kappa shape index (κ2) is 4.51. The average Bonchev–Trinajstić information content (AvgIpc) is 2.95. The highest BCUT2D eigenvalue weighted by atomic mass is 15.0. The topological polar surface area (TPSA) is 72.5 Å². The highest BCUT2D eigenvalue weighted by molar-refractivity contribution is 5.76. The van der Waals surface area contributed by atoms with Gasteiger partial charge in [0.05, 0.1) is 17.0 Å². The maximum absolute atomic E-state index is 5.94. The maximum Gasteiger partial charge on any atom is 0.117 e. The molecule has 0 spiro atoms. The summed E-state index contributed by atoms with van der Waals surface area (Å²) in [5, 5.41) is 0. The predicted molar refractivity (Wildman–Crippen MR) is 74.9 cm³/mol. The molecule has 1 atom stereocenters. The molecule has 5 nitrogen and oxygen atoms in total. The Morgan fingerprint density at radius 3 is 2.95 bits per heavy atom. The molecule has 0 radical (unpaired) electrons. The van der Waals surface area contributed by atoms with Crippen LogP contribution in [0.4, 0.5) is 0 Å². The first-order valence-corrected chi connectivity index (χ1v) is 6.32. The van der Waals surface area contributed by atoms with Crippen LogP contribution in [0.2, 0.25) is 0 Å². The summed E-state index contributed by atoms with van der Waals surface area (Å²) in [6, 6.07) is 6.22. The van der Waals surface area contributed by atoms with E-state index in [9.17, 15) is 0 Å². The third-order valence-corrected chi connectivity index (χ3v) is 3.43. The molecule has 0 amide bonds. The van der Waals surface area contributed by atoms with Crippen LogP contribution < -0.4 is 5.73 Å². The third kappa shape index (κ3) is 2.02. The van der Waals surface area contributed by atoms with Crippen molar-refractivity contribution in [3.8, 4) is 0 Å². The number of aromatic amines is 1. The van der Waals surface area contributed by atoms with Gasteiger partial charge in [0.2, 0.25) is 0 Å². The number of aryl methyl sites for hydroxylation is 2. The van der Waals surface area contributed by atoms with Gasteiger partial charge >= 0.3 is 0 Å². The van der Waals surface area contributed by atoms with Gasteiger partial charge in [-0.2, -0.15) is 0 Å². The predicted octanol–water partition coefficient (Wildman–Crippen LogP) is 1.70. The average molecular weight is 255 g/mol. The van der Waals surface area contributed by atoms with Crippen molar-refractivity contribution < 1.29 is 0 Å². The van der Waals surface area contributed by atoms with Crippen LogP contribution in [-0.4, -0.2) is 26.1 Å². The van der Waals surface area contributed by atoms with Crippen molar-refractivity contribution >= 4 is 11.0 Å². The SMILES string of the molecule is Cc1nc2ccc(C(CN)c3nccn3C)cc2[nH]1. The molecule has 19 heavy (non-hydrogen) atoms. The molecular formula is C14H17N5. The minimum atomic E-state index is 0.105. The number of nitrogens with zero attached hydrogens (tertiary/aromatic N) is 3. The molecule has 0 aliphatic heterocycles. The van der Waals surface area contributed by atoms with E-state index in [4.69, 9.17) is 5.73 Å². The molecule has 0 bridgehead atoms. The van der Waals surface area contributed by atoms with Gasteiger partial charge in [-0.3, -0.25) is 0 Å². The number of hydrogen-bond acceptors (Lipinski definition) is 3. The van der Waals surface area contributed by atoms with Crippen molar-refractivity contribution in [2.24, 2.45) is 12.8 Å². The molecule has 1 unspecified atom stereocenters. The van der Waals surface area contributed by atoms with E-state index in [2.05, 4.69) is 27.1 Å². The molecule has 2 heterocycles. The standard InChI is InChI=1S/C14H17N5/c1-9-17-12-4-3-10(7-13(12)18-9)11(8-15)14-16-5-6-19(14)2/h3-7,11H,8,15H2,1-2H3,(H,17,18). The van der Waals surface area contributed by atoms with Gasteiger partial charge in [0.25, 0.3) is 0 Å². The van der Waals surface area contributed by atoms with Crippen molar-refractivity contribution in [2.45, 2.75) is 12.8 Å². The minimum Gasteiger partial charge on any atom is -0.342 e. The molecule has 2 aromatic heterocycles. The van der Waals surface area contributed by atoms with Gasteiger partial charge in [0.15, 0.2) is 0 Å². The molecule has 0 fully saturated rings. The molecule has 98 valence electrons. The Morgan fingerprint density at radius 1 is 1.42 bits per heavy atom. The molecule has 0 aliphatic rings. The minimum absolute atomic E-state index is 0.105. The Hall–Kier alpha value is -2.14. The van der Waals surface area contributed by atoms with Crippen molar-refractivity contribution in [1.29, 1.82) is 0 Å². The van der Waals surface area contributed by atoms with E-state index >= 15 is 0 Å². The first kappa shape index (κ1) is 11.9. The van der Waals surface area contributed by atoms with Crippen LogP contribution in [0.15, 0.2) is 30.6 Å². The summed E-state index contributed by atoms with van der Waals surface area (Å²) in [7, 11) is 1.99. The summed E-state index contributed by atoms with van der Waals surface area (Å²) < 4.78 is 2.01. The highest BCUT2D eigenvalue weighted by Gasteiger charge is 2.17. The number of H-pyrrole nitrogens is 1. The van der Waals surface area contributed by atoms with E-state index in [1.54, 1.807) is 6.20 Å². The Kier molecular flexibility index (Phi) is 2.83. The zero-order valence-electron chi connectivity index (χ0n) is 11.1. The number of fused-ring (bicyclic) bond motifs is 1. The van der Waals surface area contributed by atoms with Crippen molar-refractivity contribution in [1.82, 2.24) is 19.5 Å². The van der Waals surface area contributed by atoms with E-state index in [1.807, 2.05) is 30.8 Å². The van der Waals surface area contributed by atoms with Gasteiger partial charge in [-0.25, -0.2) is 9.97 Å². The summed E-state index contributed by atoms with van der Waals surface area (Å²) in [4.78, 5) is 12.1. The second-order valence-electron chi connectivity index (χ2n) is 4.78. The highest BCUT2D eigenvalue weighted by Crippen LogP contribution is 2.24. The van der Waals surface area contributed by atoms with Crippen LogP contribution in [0.3, 0.4) is 0 Å². The maximum atomic E-state index is 5.94. The van der Waals surface area contributed by atoms with Crippen LogP contribution >= 0.6 is 0 Å². The van der Waals surface area contributed by atoms with Crippen LogP contribution in [0, 0.1) is 6.92 Å². The lowest BCUT2D eigenvalue weighted by atomic mass is 9.98. The molecular weight excluding hydrogens is 238 g/mol. The first-order chi connectivity index (χ1) is 9.19. The zero-order valence-corrected chi connectivity index (χ0v) is 11.1. The summed E-state index contributed by atoms with van der Waals surface area (Å²) >= 11 is 0. The number of aromatic nitrogens is 4. The normalized spacial score (nSPS) is 13.0. The smallest absolute Gasteiger partial charge is 0.117 e. The van der Waals surface area contributed by atoms with E-state index in [0.717, 1.165) is 28.2 Å².